The fraction of sp³-hybridized carbons (Fsp3) is 0. The molecular formula is C8H5NO2Te. The first-order valence-corrected chi connectivity index (χ1v) is 6.07. The Morgan fingerprint density at radius 3 is 2.75 bits per heavy atom. The number of nitro benzene ring substituents is 1. The van der Waals surface area contributed by atoms with Gasteiger partial charge in [0.2, 0.25) is 0 Å². The van der Waals surface area contributed by atoms with E-state index in [2.05, 4.69) is 8.16 Å². The first-order chi connectivity index (χ1) is 5.77. The Balaban J connectivity index is 2.68. The van der Waals surface area contributed by atoms with Crippen LogP contribution in [0.2, 0.25) is 0 Å². The number of benzene rings is 1. The zero-order valence-electron chi connectivity index (χ0n) is 6.06. The molecule has 0 saturated carbocycles. The second kappa shape index (κ2) is 2.89. The van der Waals surface area contributed by atoms with E-state index in [9.17, 15) is 10.1 Å². The topological polar surface area (TPSA) is 43.1 Å². The molecule has 0 N–H and O–H groups in total. The molecule has 0 amide bonds. The van der Waals surface area contributed by atoms with Crippen molar-refractivity contribution in [2.75, 3.05) is 0 Å². The summed E-state index contributed by atoms with van der Waals surface area (Å²) in [7, 11) is 0. The van der Waals surface area contributed by atoms with Crippen LogP contribution in [-0.2, 0) is 0 Å². The Morgan fingerprint density at radius 1 is 1.25 bits per heavy atom. The number of hydrogen-bond acceptors (Lipinski definition) is 2. The van der Waals surface area contributed by atoms with Gasteiger partial charge in [-0.25, -0.2) is 0 Å². The first kappa shape index (κ1) is 7.78. The first-order valence-electron chi connectivity index (χ1n) is 3.38. The third-order valence-electron chi connectivity index (χ3n) is 1.67. The Kier molecular flexibility index (Phi) is 1.87. The van der Waals surface area contributed by atoms with Crippen LogP contribution in [0.15, 0.2) is 26.4 Å². The summed E-state index contributed by atoms with van der Waals surface area (Å²) in [4.78, 5) is 10.0. The van der Waals surface area contributed by atoms with Crippen molar-refractivity contribution >= 4 is 36.9 Å². The predicted molar refractivity (Wildman–Crippen MR) is 47.5 cm³/mol. The van der Waals surface area contributed by atoms with E-state index in [1.165, 1.54) is 0 Å². The molecule has 0 radical (unpaired) electrons. The molecule has 60 valence electrons. The van der Waals surface area contributed by atoms with Crippen LogP contribution >= 0.6 is 0 Å². The Labute approximate surface area is 78.4 Å². The van der Waals surface area contributed by atoms with E-state index in [1.807, 2.05) is 6.07 Å². The van der Waals surface area contributed by atoms with Crippen LogP contribution in [0.4, 0.5) is 5.69 Å². The van der Waals surface area contributed by atoms with Gasteiger partial charge in [0, 0.05) is 0 Å². The van der Waals surface area contributed by atoms with Crippen molar-refractivity contribution in [3.63, 3.8) is 0 Å². The quantitative estimate of drug-likeness (QED) is 0.452. The van der Waals surface area contributed by atoms with E-state index in [1.54, 1.807) is 12.1 Å². The third kappa shape index (κ3) is 1.24. The number of nitrogens with zero attached hydrogens (tertiary/aromatic N) is 1. The molecular weight excluding hydrogens is 270 g/mol. The summed E-state index contributed by atoms with van der Waals surface area (Å²) in [6, 6.07) is 5.02. The van der Waals surface area contributed by atoms with Gasteiger partial charge in [-0.1, -0.05) is 0 Å². The van der Waals surface area contributed by atoms with Gasteiger partial charge >= 0.3 is 78.3 Å². The molecule has 0 unspecified atom stereocenters. The van der Waals surface area contributed by atoms with Crippen LogP contribution in [0.3, 0.4) is 0 Å². The van der Waals surface area contributed by atoms with Crippen LogP contribution in [0.25, 0.3) is 10.8 Å². The molecule has 3 nitrogen and oxygen atoms in total. The SMILES string of the molecule is O=[N+]([O-])c1ccc2c[te]cc2c1. The van der Waals surface area contributed by atoms with Gasteiger partial charge in [-0.3, -0.25) is 0 Å². The zero-order chi connectivity index (χ0) is 8.55. The molecule has 2 rings (SSSR count). The summed E-state index contributed by atoms with van der Waals surface area (Å²) in [6.45, 7) is 0. The molecule has 0 fully saturated rings. The van der Waals surface area contributed by atoms with Gasteiger partial charge in [0.15, 0.2) is 0 Å². The van der Waals surface area contributed by atoms with Gasteiger partial charge < -0.3 is 0 Å². The van der Waals surface area contributed by atoms with Crippen molar-refractivity contribution in [2.24, 2.45) is 0 Å². The number of fused-ring (bicyclic) bond motifs is 1. The molecule has 0 aliphatic carbocycles. The summed E-state index contributed by atoms with van der Waals surface area (Å²) < 4.78 is 4.30. The van der Waals surface area contributed by atoms with Gasteiger partial charge in [0.05, 0.1) is 0 Å². The van der Waals surface area contributed by atoms with Gasteiger partial charge in [-0.15, -0.1) is 0 Å². The molecule has 0 saturated heterocycles. The number of hydrogen-bond donors (Lipinski definition) is 0. The van der Waals surface area contributed by atoms with Gasteiger partial charge in [0.25, 0.3) is 0 Å². The minimum atomic E-state index is -0.354. The van der Waals surface area contributed by atoms with E-state index >= 15 is 0 Å². The third-order valence-corrected chi connectivity index (χ3v) is 3.90. The average Bonchev–Trinajstić information content (AvgIpc) is 2.49. The Morgan fingerprint density at radius 2 is 2.00 bits per heavy atom. The van der Waals surface area contributed by atoms with Crippen molar-refractivity contribution in [1.29, 1.82) is 0 Å². The van der Waals surface area contributed by atoms with Crippen LogP contribution in [0.5, 0.6) is 0 Å². The van der Waals surface area contributed by atoms with Crippen LogP contribution in [0.1, 0.15) is 0 Å². The van der Waals surface area contributed by atoms with E-state index in [4.69, 9.17) is 0 Å². The normalized spacial score (nSPS) is 10.3. The molecule has 1 heterocycles. The molecule has 0 bridgehead atoms. The van der Waals surface area contributed by atoms with Crippen molar-refractivity contribution in [2.45, 2.75) is 0 Å². The molecule has 12 heavy (non-hydrogen) atoms. The summed E-state index contributed by atoms with van der Waals surface area (Å²) in [5.41, 5.74) is 0.188. The van der Waals surface area contributed by atoms with E-state index in [0.717, 1.165) is 10.8 Å². The maximum atomic E-state index is 10.4. The predicted octanol–water partition coefficient (Wildman–Crippen LogP) is 1.80. The van der Waals surface area contributed by atoms with Gasteiger partial charge in [0.1, 0.15) is 0 Å². The molecule has 4 heteroatoms. The van der Waals surface area contributed by atoms with Crippen molar-refractivity contribution in [3.8, 4) is 0 Å². The summed E-state index contributed by atoms with van der Waals surface area (Å²) >= 11 is -0.152. The molecule has 0 spiro atoms. The van der Waals surface area contributed by atoms with Crippen molar-refractivity contribution < 1.29 is 4.92 Å². The fourth-order valence-corrected chi connectivity index (χ4v) is 3.29. The summed E-state index contributed by atoms with van der Waals surface area (Å²) in [5, 5.41) is 12.6. The number of nitro groups is 1. The van der Waals surface area contributed by atoms with Gasteiger partial charge in [-0.2, -0.15) is 0 Å². The molecule has 1 aromatic heterocycles. The zero-order valence-corrected chi connectivity index (χ0v) is 8.39. The standard InChI is InChI=1S/C8H5NO2Te/c10-9(11)8-2-1-6-4-12-5-7(6)3-8/h1-5H. The summed E-state index contributed by atoms with van der Waals surface area (Å²) in [5.74, 6) is 0. The monoisotopic (exact) mass is 277 g/mol. The van der Waals surface area contributed by atoms with Crippen molar-refractivity contribution in [3.05, 3.63) is 36.5 Å². The van der Waals surface area contributed by atoms with Crippen molar-refractivity contribution in [1.82, 2.24) is 0 Å². The van der Waals surface area contributed by atoms with E-state index in [-0.39, 0.29) is 31.0 Å². The Bertz CT molecular complexity index is 435. The van der Waals surface area contributed by atoms with Crippen LogP contribution < -0.4 is 0 Å². The van der Waals surface area contributed by atoms with E-state index in [0.29, 0.717) is 0 Å². The minimum absolute atomic E-state index is 0.152. The van der Waals surface area contributed by atoms with Crippen LogP contribution in [0, 0.1) is 10.1 Å². The van der Waals surface area contributed by atoms with Gasteiger partial charge in [-0.05, 0) is 0 Å². The maximum absolute atomic E-state index is 10.4. The molecule has 1 aromatic carbocycles. The second-order valence-corrected chi connectivity index (χ2v) is 4.56. The fourth-order valence-electron chi connectivity index (χ4n) is 1.07. The number of non-ortho nitro benzene ring substituents is 1. The Hall–Kier alpha value is -0.850. The average molecular weight is 275 g/mol. The summed E-state index contributed by atoms with van der Waals surface area (Å²) in [6.07, 6.45) is 0. The molecule has 0 aliphatic heterocycles. The number of rotatable bonds is 1. The second-order valence-electron chi connectivity index (χ2n) is 2.44. The molecule has 2 aromatic rings. The van der Waals surface area contributed by atoms with Crippen LogP contribution in [-0.4, -0.2) is 25.4 Å². The molecule has 0 atom stereocenters. The van der Waals surface area contributed by atoms with E-state index < -0.39 is 0 Å². The molecule has 0 aliphatic rings.